The van der Waals surface area contributed by atoms with Gasteiger partial charge in [0.05, 0.1) is 30.8 Å². The van der Waals surface area contributed by atoms with Gasteiger partial charge in [-0.05, 0) is 44.4 Å². The van der Waals surface area contributed by atoms with Crippen LogP contribution in [0.1, 0.15) is 47.3 Å². The number of nitrogens with zero attached hydrogens (tertiary/aromatic N) is 2. The van der Waals surface area contributed by atoms with Crippen LogP contribution in [0.15, 0.2) is 42.5 Å². The first-order valence-corrected chi connectivity index (χ1v) is 12.0. The number of amides is 3. The standard InChI is InChI=1S/C27H26FN3O5/c1-16-12-23(18-6-2-3-7-21(18)29-16)35-10-4-5-11-36-24-14-17(28)13-19-20(24)15-31(27(19)34)22-8-9-25(32)30-26(22)33/h2-3,6-7,12-14,22H,4-5,8-11,15H2,1H3,(H,30,32,33). The molecule has 186 valence electrons. The number of aromatic nitrogens is 1. The maximum absolute atomic E-state index is 14.3. The number of aryl methyl sites for hydroxylation is 1. The molecule has 0 bridgehead atoms. The topological polar surface area (TPSA) is 97.8 Å². The van der Waals surface area contributed by atoms with Gasteiger partial charge in [0.2, 0.25) is 11.8 Å². The fourth-order valence-corrected chi connectivity index (χ4v) is 4.68. The predicted molar refractivity (Wildman–Crippen MR) is 129 cm³/mol. The van der Waals surface area contributed by atoms with Crippen LogP contribution in [0.4, 0.5) is 4.39 Å². The molecule has 9 heteroatoms. The van der Waals surface area contributed by atoms with E-state index in [1.165, 1.54) is 17.0 Å². The van der Waals surface area contributed by atoms with Crippen molar-refractivity contribution in [3.8, 4) is 11.5 Å². The number of rotatable bonds is 8. The van der Waals surface area contributed by atoms with Crippen LogP contribution in [0, 0.1) is 12.7 Å². The minimum absolute atomic E-state index is 0.133. The van der Waals surface area contributed by atoms with Crippen LogP contribution in [0.5, 0.6) is 11.5 Å². The number of carbonyl (C=O) groups is 3. The summed E-state index contributed by atoms with van der Waals surface area (Å²) in [5, 5.41) is 3.22. The Morgan fingerprint density at radius 3 is 2.58 bits per heavy atom. The van der Waals surface area contributed by atoms with Crippen LogP contribution in [-0.4, -0.2) is 46.9 Å². The Labute approximate surface area is 207 Å². The molecule has 2 aromatic carbocycles. The average molecular weight is 492 g/mol. The zero-order valence-electron chi connectivity index (χ0n) is 19.9. The summed E-state index contributed by atoms with van der Waals surface area (Å²) < 4.78 is 26.1. The van der Waals surface area contributed by atoms with Gasteiger partial charge in [0, 0.05) is 35.2 Å². The fourth-order valence-electron chi connectivity index (χ4n) is 4.68. The Hall–Kier alpha value is -4.01. The van der Waals surface area contributed by atoms with Gasteiger partial charge in [0.25, 0.3) is 5.91 Å². The summed E-state index contributed by atoms with van der Waals surface area (Å²) >= 11 is 0. The molecule has 1 unspecified atom stereocenters. The fraction of sp³-hybridized carbons (Fsp3) is 0.333. The molecule has 1 atom stereocenters. The number of para-hydroxylation sites is 1. The van der Waals surface area contributed by atoms with Gasteiger partial charge >= 0.3 is 0 Å². The number of piperidine rings is 1. The highest BCUT2D eigenvalue weighted by atomic mass is 19.1. The second kappa shape index (κ2) is 9.93. The normalized spacial score (nSPS) is 17.3. The maximum atomic E-state index is 14.3. The molecule has 0 saturated carbocycles. The monoisotopic (exact) mass is 491 g/mol. The molecular weight excluding hydrogens is 465 g/mol. The smallest absolute Gasteiger partial charge is 0.255 e. The quantitative estimate of drug-likeness (QED) is 0.381. The number of nitrogens with one attached hydrogen (secondary N) is 1. The van der Waals surface area contributed by atoms with Crippen LogP contribution >= 0.6 is 0 Å². The number of halogens is 1. The van der Waals surface area contributed by atoms with E-state index in [4.69, 9.17) is 9.47 Å². The van der Waals surface area contributed by atoms with Gasteiger partial charge in [0.1, 0.15) is 23.4 Å². The largest absolute Gasteiger partial charge is 0.493 e. The minimum atomic E-state index is -0.761. The lowest BCUT2D eigenvalue weighted by molar-refractivity contribution is -0.136. The molecule has 0 aliphatic carbocycles. The van der Waals surface area contributed by atoms with Crippen molar-refractivity contribution < 1.29 is 28.2 Å². The summed E-state index contributed by atoms with van der Waals surface area (Å²) in [7, 11) is 0. The average Bonchev–Trinajstić information content (AvgIpc) is 3.17. The molecule has 3 aromatic rings. The molecule has 2 aliphatic rings. The summed E-state index contributed by atoms with van der Waals surface area (Å²) in [4.78, 5) is 42.5. The number of hydrogen-bond acceptors (Lipinski definition) is 6. The first-order valence-electron chi connectivity index (χ1n) is 12.0. The van der Waals surface area contributed by atoms with Crippen molar-refractivity contribution in [2.24, 2.45) is 0 Å². The first-order chi connectivity index (χ1) is 17.4. The molecule has 5 rings (SSSR count). The molecule has 36 heavy (non-hydrogen) atoms. The van der Waals surface area contributed by atoms with E-state index in [9.17, 15) is 18.8 Å². The number of fused-ring (bicyclic) bond motifs is 2. The Kier molecular flexibility index (Phi) is 6.54. The zero-order valence-corrected chi connectivity index (χ0v) is 19.9. The third-order valence-electron chi connectivity index (χ3n) is 6.44. The molecule has 0 spiro atoms. The van der Waals surface area contributed by atoms with Crippen LogP contribution < -0.4 is 14.8 Å². The number of imide groups is 1. The van der Waals surface area contributed by atoms with E-state index in [-0.39, 0.29) is 30.9 Å². The third-order valence-corrected chi connectivity index (χ3v) is 6.44. The number of unbranched alkanes of at least 4 members (excludes halogenated alkanes) is 1. The van der Waals surface area contributed by atoms with Gasteiger partial charge in [-0.1, -0.05) is 12.1 Å². The Morgan fingerprint density at radius 2 is 1.81 bits per heavy atom. The van der Waals surface area contributed by atoms with Crippen LogP contribution in [-0.2, 0) is 16.1 Å². The number of benzene rings is 2. The molecule has 1 aromatic heterocycles. The molecule has 3 amide bonds. The third kappa shape index (κ3) is 4.73. The summed E-state index contributed by atoms with van der Waals surface area (Å²) in [6.45, 7) is 2.87. The Balaban J connectivity index is 1.18. The number of pyridine rings is 1. The van der Waals surface area contributed by atoms with Crippen LogP contribution in [0.2, 0.25) is 0 Å². The number of hydrogen-bond donors (Lipinski definition) is 1. The molecule has 1 saturated heterocycles. The second-order valence-electron chi connectivity index (χ2n) is 9.01. The molecular formula is C27H26FN3O5. The van der Waals surface area contributed by atoms with E-state index in [0.29, 0.717) is 37.4 Å². The zero-order chi connectivity index (χ0) is 25.2. The van der Waals surface area contributed by atoms with E-state index in [1.807, 2.05) is 37.3 Å². The van der Waals surface area contributed by atoms with Gasteiger partial charge < -0.3 is 14.4 Å². The summed E-state index contributed by atoms with van der Waals surface area (Å²) in [5.74, 6) is -0.791. The molecule has 1 fully saturated rings. The minimum Gasteiger partial charge on any atom is -0.493 e. The van der Waals surface area contributed by atoms with E-state index < -0.39 is 23.7 Å². The predicted octanol–water partition coefficient (Wildman–Crippen LogP) is 3.68. The lowest BCUT2D eigenvalue weighted by Crippen LogP contribution is -2.52. The SMILES string of the molecule is Cc1cc(OCCCCOc2cc(F)cc3c2CN(C2CCC(=O)NC2=O)C3=O)c2ccccc2n1. The lowest BCUT2D eigenvalue weighted by Gasteiger charge is -2.29. The first kappa shape index (κ1) is 23.7. The number of ether oxygens (including phenoxy) is 2. The van der Waals surface area contributed by atoms with Crippen molar-refractivity contribution in [1.29, 1.82) is 0 Å². The van der Waals surface area contributed by atoms with Crippen molar-refractivity contribution in [1.82, 2.24) is 15.2 Å². The highest BCUT2D eigenvalue weighted by Gasteiger charge is 2.40. The van der Waals surface area contributed by atoms with E-state index in [1.54, 1.807) is 0 Å². The van der Waals surface area contributed by atoms with Crippen molar-refractivity contribution in [3.63, 3.8) is 0 Å². The number of carbonyl (C=O) groups excluding carboxylic acids is 3. The summed E-state index contributed by atoms with van der Waals surface area (Å²) in [6.07, 6.45) is 1.78. The van der Waals surface area contributed by atoms with Gasteiger partial charge in [-0.15, -0.1) is 0 Å². The maximum Gasteiger partial charge on any atom is 0.255 e. The van der Waals surface area contributed by atoms with Crippen molar-refractivity contribution in [2.75, 3.05) is 13.2 Å². The van der Waals surface area contributed by atoms with Crippen molar-refractivity contribution in [3.05, 3.63) is 65.1 Å². The van der Waals surface area contributed by atoms with Gasteiger partial charge in [-0.2, -0.15) is 0 Å². The summed E-state index contributed by atoms with van der Waals surface area (Å²) in [5.41, 5.74) is 2.52. The van der Waals surface area contributed by atoms with E-state index in [2.05, 4.69) is 10.3 Å². The molecule has 3 heterocycles. The molecule has 1 N–H and O–H groups in total. The lowest BCUT2D eigenvalue weighted by atomic mass is 10.0. The van der Waals surface area contributed by atoms with Crippen LogP contribution in [0.25, 0.3) is 10.9 Å². The van der Waals surface area contributed by atoms with Crippen molar-refractivity contribution in [2.45, 2.75) is 45.2 Å². The molecule has 8 nitrogen and oxygen atoms in total. The highest BCUT2D eigenvalue weighted by Crippen LogP contribution is 2.34. The Morgan fingerprint density at radius 1 is 1.06 bits per heavy atom. The summed E-state index contributed by atoms with van der Waals surface area (Å²) in [6, 6.07) is 11.4. The van der Waals surface area contributed by atoms with Gasteiger partial charge in [-0.3, -0.25) is 24.7 Å². The Bertz CT molecular complexity index is 1360. The van der Waals surface area contributed by atoms with E-state index in [0.717, 1.165) is 22.3 Å². The van der Waals surface area contributed by atoms with E-state index >= 15 is 0 Å². The van der Waals surface area contributed by atoms with Gasteiger partial charge in [-0.25, -0.2) is 4.39 Å². The molecule has 0 radical (unpaired) electrons. The van der Waals surface area contributed by atoms with Crippen LogP contribution in [0.3, 0.4) is 0 Å². The molecule has 2 aliphatic heterocycles. The second-order valence-corrected chi connectivity index (χ2v) is 9.01. The van der Waals surface area contributed by atoms with Gasteiger partial charge in [0.15, 0.2) is 0 Å². The van der Waals surface area contributed by atoms with Crippen molar-refractivity contribution >= 4 is 28.6 Å². The highest BCUT2D eigenvalue weighted by molar-refractivity contribution is 6.05.